The molecule has 0 spiro atoms. The molecule has 3 aliphatic carbocycles. The molecule has 2 aromatic rings. The fourth-order valence-electron chi connectivity index (χ4n) is 5.57. The molecule has 0 unspecified atom stereocenters. The second kappa shape index (κ2) is 6.44. The maximum absolute atomic E-state index is 5.96. The van der Waals surface area contributed by atoms with E-state index in [1.807, 2.05) is 0 Å². The lowest BCUT2D eigenvalue weighted by Crippen LogP contribution is -2.37. The standard InChI is InChI=1S/C21H30N2O/c1-3-14-10-13-4-6-16(14)19(11-13)21-17(8-9-22)18-12-15(24-2)5-7-20(18)23-21/h5,7,12-14,16,19,23H,3-4,6,8-11,22H2,1-2H3/t13-,14+,16+,19-/m1/s1. The van der Waals surface area contributed by atoms with E-state index in [0.29, 0.717) is 12.5 Å². The second-order valence-corrected chi connectivity index (χ2v) is 7.82. The van der Waals surface area contributed by atoms with Crippen LogP contribution >= 0.6 is 0 Å². The molecule has 3 aliphatic rings. The first kappa shape index (κ1) is 16.0. The summed E-state index contributed by atoms with van der Waals surface area (Å²) in [6.07, 6.45) is 7.96. The number of hydrogen-bond donors (Lipinski definition) is 2. The van der Waals surface area contributed by atoms with E-state index in [9.17, 15) is 0 Å². The molecule has 0 saturated heterocycles. The van der Waals surface area contributed by atoms with E-state index >= 15 is 0 Å². The third-order valence-corrected chi connectivity index (χ3v) is 6.69. The van der Waals surface area contributed by atoms with Crippen molar-refractivity contribution >= 4 is 10.9 Å². The number of fused-ring (bicyclic) bond motifs is 4. The van der Waals surface area contributed by atoms with Gasteiger partial charge < -0.3 is 15.5 Å². The van der Waals surface area contributed by atoms with Crippen molar-refractivity contribution in [1.82, 2.24) is 4.98 Å². The minimum atomic E-state index is 0.697. The Morgan fingerprint density at radius 2 is 2.12 bits per heavy atom. The van der Waals surface area contributed by atoms with E-state index < -0.39 is 0 Å². The van der Waals surface area contributed by atoms with E-state index in [-0.39, 0.29) is 0 Å². The molecule has 0 radical (unpaired) electrons. The monoisotopic (exact) mass is 326 g/mol. The van der Waals surface area contributed by atoms with Gasteiger partial charge in [-0.05, 0) is 73.7 Å². The zero-order chi connectivity index (χ0) is 16.7. The highest BCUT2D eigenvalue weighted by molar-refractivity contribution is 5.86. The van der Waals surface area contributed by atoms with Gasteiger partial charge in [-0.25, -0.2) is 0 Å². The molecule has 1 aromatic heterocycles. The van der Waals surface area contributed by atoms with Gasteiger partial charge >= 0.3 is 0 Å². The second-order valence-electron chi connectivity index (χ2n) is 7.82. The van der Waals surface area contributed by atoms with Gasteiger partial charge in [0, 0.05) is 22.5 Å². The lowest BCUT2D eigenvalue weighted by molar-refractivity contribution is 0.0696. The van der Waals surface area contributed by atoms with Crippen LogP contribution in [0.15, 0.2) is 18.2 Å². The number of hydrogen-bond acceptors (Lipinski definition) is 2. The van der Waals surface area contributed by atoms with Crippen LogP contribution in [0.4, 0.5) is 0 Å². The van der Waals surface area contributed by atoms with Gasteiger partial charge in [0.15, 0.2) is 0 Å². The Kier molecular flexibility index (Phi) is 4.29. The zero-order valence-corrected chi connectivity index (χ0v) is 15.0. The van der Waals surface area contributed by atoms with Gasteiger partial charge in [-0.3, -0.25) is 0 Å². The van der Waals surface area contributed by atoms with Gasteiger partial charge in [0.1, 0.15) is 5.75 Å². The van der Waals surface area contributed by atoms with Crippen molar-refractivity contribution in [3.8, 4) is 5.75 Å². The number of ether oxygens (including phenoxy) is 1. The molecule has 5 rings (SSSR count). The third kappa shape index (κ3) is 2.54. The molecular weight excluding hydrogens is 296 g/mol. The molecule has 130 valence electrons. The maximum atomic E-state index is 5.96. The highest BCUT2D eigenvalue weighted by Crippen LogP contribution is 2.54. The van der Waals surface area contributed by atoms with Crippen LogP contribution < -0.4 is 10.5 Å². The summed E-state index contributed by atoms with van der Waals surface area (Å²) in [4.78, 5) is 3.79. The molecule has 0 amide bonds. The predicted octanol–water partition coefficient (Wildman–Crippen LogP) is 4.61. The van der Waals surface area contributed by atoms with Crippen molar-refractivity contribution in [1.29, 1.82) is 0 Å². The van der Waals surface area contributed by atoms with Crippen LogP contribution in [0, 0.1) is 17.8 Å². The molecule has 24 heavy (non-hydrogen) atoms. The Bertz CT molecular complexity index is 720. The van der Waals surface area contributed by atoms with Crippen LogP contribution in [0.2, 0.25) is 0 Å². The first-order valence-electron chi connectivity index (χ1n) is 9.63. The normalized spacial score (nSPS) is 29.3. The van der Waals surface area contributed by atoms with Crippen molar-refractivity contribution < 1.29 is 4.74 Å². The number of aromatic nitrogens is 1. The minimum absolute atomic E-state index is 0.697. The van der Waals surface area contributed by atoms with E-state index in [2.05, 4.69) is 30.1 Å². The fraction of sp³-hybridized carbons (Fsp3) is 0.619. The Morgan fingerprint density at radius 3 is 2.83 bits per heavy atom. The summed E-state index contributed by atoms with van der Waals surface area (Å²) in [5, 5.41) is 1.31. The largest absolute Gasteiger partial charge is 0.497 e. The number of methoxy groups -OCH3 is 1. The molecule has 3 heteroatoms. The van der Waals surface area contributed by atoms with E-state index in [0.717, 1.165) is 29.9 Å². The van der Waals surface area contributed by atoms with E-state index in [4.69, 9.17) is 10.5 Å². The summed E-state index contributed by atoms with van der Waals surface area (Å²) in [7, 11) is 1.74. The average molecular weight is 326 g/mol. The Morgan fingerprint density at radius 1 is 1.25 bits per heavy atom. The Balaban J connectivity index is 1.79. The average Bonchev–Trinajstić information content (AvgIpc) is 3.00. The fourth-order valence-corrected chi connectivity index (χ4v) is 5.57. The van der Waals surface area contributed by atoms with Gasteiger partial charge in [0.25, 0.3) is 0 Å². The number of H-pyrrole nitrogens is 1. The van der Waals surface area contributed by atoms with Gasteiger partial charge in [0.05, 0.1) is 7.11 Å². The highest BCUT2D eigenvalue weighted by atomic mass is 16.5. The van der Waals surface area contributed by atoms with Crippen LogP contribution in [0.1, 0.15) is 56.2 Å². The lowest BCUT2D eigenvalue weighted by Gasteiger charge is -2.47. The van der Waals surface area contributed by atoms with Gasteiger partial charge in [-0.1, -0.05) is 19.8 Å². The molecule has 4 atom stereocenters. The Hall–Kier alpha value is -1.48. The SMILES string of the molecule is CC[C@H]1C[C@H]2CC[C@@H]1[C@H](c1[nH]c3ccc(OC)cc3c1CCN)C2. The van der Waals surface area contributed by atoms with Crippen LogP contribution in [0.3, 0.4) is 0 Å². The maximum Gasteiger partial charge on any atom is 0.119 e. The summed E-state index contributed by atoms with van der Waals surface area (Å²) < 4.78 is 5.45. The minimum Gasteiger partial charge on any atom is -0.497 e. The summed E-state index contributed by atoms with van der Waals surface area (Å²) in [5.74, 6) is 4.32. The van der Waals surface area contributed by atoms with Crippen LogP contribution in [0.5, 0.6) is 5.75 Å². The molecule has 1 heterocycles. The molecular formula is C21H30N2O. The third-order valence-electron chi connectivity index (χ3n) is 6.69. The number of nitrogens with one attached hydrogen (secondary N) is 1. The van der Waals surface area contributed by atoms with Crippen molar-refractivity contribution in [3.05, 3.63) is 29.5 Å². The van der Waals surface area contributed by atoms with E-state index in [1.54, 1.807) is 7.11 Å². The summed E-state index contributed by atoms with van der Waals surface area (Å²) in [6, 6.07) is 6.39. The summed E-state index contributed by atoms with van der Waals surface area (Å²) >= 11 is 0. The molecule has 1 aromatic carbocycles. The lowest BCUT2D eigenvalue weighted by atomic mass is 9.58. The number of nitrogens with two attached hydrogens (primary N) is 1. The van der Waals surface area contributed by atoms with Crippen molar-refractivity contribution in [2.24, 2.45) is 23.5 Å². The van der Waals surface area contributed by atoms with Crippen molar-refractivity contribution in [3.63, 3.8) is 0 Å². The molecule has 3 fully saturated rings. The summed E-state index contributed by atoms with van der Waals surface area (Å²) in [6.45, 7) is 3.08. The van der Waals surface area contributed by atoms with Gasteiger partial charge in [-0.2, -0.15) is 0 Å². The van der Waals surface area contributed by atoms with E-state index in [1.165, 1.54) is 54.3 Å². The van der Waals surface area contributed by atoms with Crippen LogP contribution in [-0.4, -0.2) is 18.6 Å². The van der Waals surface area contributed by atoms with Crippen molar-refractivity contribution in [2.45, 2.75) is 51.4 Å². The number of aromatic amines is 1. The molecule has 2 bridgehead atoms. The first-order chi connectivity index (χ1) is 11.7. The topological polar surface area (TPSA) is 51.0 Å². The molecule has 3 saturated carbocycles. The smallest absolute Gasteiger partial charge is 0.119 e. The quantitative estimate of drug-likeness (QED) is 0.843. The Labute approximate surface area is 145 Å². The summed E-state index contributed by atoms with van der Waals surface area (Å²) in [5.41, 5.74) is 10.1. The zero-order valence-electron chi connectivity index (χ0n) is 15.0. The highest BCUT2D eigenvalue weighted by Gasteiger charge is 2.43. The molecule has 0 aliphatic heterocycles. The van der Waals surface area contributed by atoms with Gasteiger partial charge in [-0.15, -0.1) is 0 Å². The number of benzene rings is 1. The molecule has 3 N–H and O–H groups in total. The van der Waals surface area contributed by atoms with Crippen molar-refractivity contribution in [2.75, 3.05) is 13.7 Å². The first-order valence-corrected chi connectivity index (χ1v) is 9.63. The predicted molar refractivity (Wildman–Crippen MR) is 99.6 cm³/mol. The van der Waals surface area contributed by atoms with Crippen LogP contribution in [0.25, 0.3) is 10.9 Å². The van der Waals surface area contributed by atoms with Crippen LogP contribution in [-0.2, 0) is 6.42 Å². The van der Waals surface area contributed by atoms with Gasteiger partial charge in [0.2, 0.25) is 0 Å². The molecule has 3 nitrogen and oxygen atoms in total. The number of rotatable bonds is 5.